The van der Waals surface area contributed by atoms with Crippen molar-refractivity contribution in [3.63, 3.8) is 0 Å². The number of aromatic hydroxyl groups is 2. The normalized spacial score (nSPS) is 10.4. The first-order valence-corrected chi connectivity index (χ1v) is 4.64. The van der Waals surface area contributed by atoms with E-state index in [0.717, 1.165) is 12.1 Å². The third kappa shape index (κ3) is 3.53. The number of carbonyl (C=O) groups excluding carboxylic acids is 1. The van der Waals surface area contributed by atoms with Gasteiger partial charge in [0, 0.05) is 18.2 Å². The molecule has 0 radical (unpaired) electrons. The summed E-state index contributed by atoms with van der Waals surface area (Å²) in [5.74, 6) is -2.35. The van der Waals surface area contributed by atoms with E-state index < -0.39 is 11.9 Å². The third-order valence-electron chi connectivity index (χ3n) is 1.92. The fourth-order valence-corrected chi connectivity index (χ4v) is 1.22. The van der Waals surface area contributed by atoms with Crippen LogP contribution in [0.2, 0.25) is 0 Å². The summed E-state index contributed by atoms with van der Waals surface area (Å²) >= 11 is 0. The number of phenols is 2. The van der Waals surface area contributed by atoms with Crippen molar-refractivity contribution in [3.8, 4) is 11.5 Å². The Labute approximate surface area is 96.8 Å². The van der Waals surface area contributed by atoms with Crippen LogP contribution in [0.3, 0.4) is 0 Å². The summed E-state index contributed by atoms with van der Waals surface area (Å²) in [5, 5.41) is 29.3. The zero-order chi connectivity index (χ0) is 13.0. The van der Waals surface area contributed by atoms with Crippen LogP contribution < -0.4 is 5.32 Å². The molecule has 1 amide bonds. The molecule has 90 valence electrons. The molecule has 6 nitrogen and oxygen atoms in total. The van der Waals surface area contributed by atoms with Gasteiger partial charge in [0.25, 0.3) is 0 Å². The van der Waals surface area contributed by atoms with Crippen molar-refractivity contribution in [2.75, 3.05) is 5.32 Å². The van der Waals surface area contributed by atoms with Crippen molar-refractivity contribution < 1.29 is 24.9 Å². The van der Waals surface area contributed by atoms with Crippen molar-refractivity contribution in [2.24, 2.45) is 0 Å². The van der Waals surface area contributed by atoms with Gasteiger partial charge in [-0.15, -0.1) is 0 Å². The molecular weight excluding hydrogens is 226 g/mol. The molecule has 0 aliphatic heterocycles. The predicted molar refractivity (Wildman–Crippen MR) is 59.9 cm³/mol. The SMILES string of the molecule is Cc1cc(O)cc(O)c1NC(=O)/C=C\C(=O)O. The highest BCUT2D eigenvalue weighted by molar-refractivity contribution is 6.03. The number of aliphatic carboxylic acids is 1. The minimum atomic E-state index is -1.24. The van der Waals surface area contributed by atoms with Gasteiger partial charge in [-0.25, -0.2) is 4.79 Å². The van der Waals surface area contributed by atoms with Gasteiger partial charge in [-0.2, -0.15) is 0 Å². The van der Waals surface area contributed by atoms with Crippen LogP contribution in [0, 0.1) is 6.92 Å². The molecule has 1 rings (SSSR count). The smallest absolute Gasteiger partial charge is 0.328 e. The van der Waals surface area contributed by atoms with Gasteiger partial charge in [-0.3, -0.25) is 4.79 Å². The Bertz CT molecular complexity index is 470. The average molecular weight is 237 g/mol. The number of hydrogen-bond acceptors (Lipinski definition) is 4. The number of benzene rings is 1. The van der Waals surface area contributed by atoms with Crippen LogP contribution in [0.25, 0.3) is 0 Å². The average Bonchev–Trinajstić information content (AvgIpc) is 2.20. The second kappa shape index (κ2) is 5.02. The number of phenolic OH excluding ortho intramolecular Hbond substituents is 2. The third-order valence-corrected chi connectivity index (χ3v) is 1.92. The van der Waals surface area contributed by atoms with Crippen molar-refractivity contribution in [2.45, 2.75) is 6.92 Å². The lowest BCUT2D eigenvalue weighted by Crippen LogP contribution is -2.10. The lowest BCUT2D eigenvalue weighted by Gasteiger charge is -2.09. The van der Waals surface area contributed by atoms with E-state index in [1.54, 1.807) is 6.92 Å². The van der Waals surface area contributed by atoms with E-state index >= 15 is 0 Å². The Morgan fingerprint density at radius 1 is 1.24 bits per heavy atom. The number of carbonyl (C=O) groups is 2. The summed E-state index contributed by atoms with van der Waals surface area (Å²) in [6.07, 6.45) is 1.51. The largest absolute Gasteiger partial charge is 0.508 e. The highest BCUT2D eigenvalue weighted by Crippen LogP contribution is 2.31. The molecule has 0 fully saturated rings. The number of amides is 1. The fourth-order valence-electron chi connectivity index (χ4n) is 1.22. The molecule has 1 aromatic carbocycles. The maximum Gasteiger partial charge on any atom is 0.328 e. The summed E-state index contributed by atoms with van der Waals surface area (Å²) in [6, 6.07) is 2.43. The van der Waals surface area contributed by atoms with E-state index in [9.17, 15) is 14.7 Å². The number of rotatable bonds is 3. The number of carboxylic acid groups (broad SMARTS) is 1. The van der Waals surface area contributed by atoms with Gasteiger partial charge in [-0.1, -0.05) is 0 Å². The predicted octanol–water partition coefficient (Wildman–Crippen LogP) is 0.986. The first-order chi connectivity index (χ1) is 7.90. The Kier molecular flexibility index (Phi) is 3.71. The Morgan fingerprint density at radius 2 is 1.88 bits per heavy atom. The summed E-state index contributed by atoms with van der Waals surface area (Å²) in [6.45, 7) is 1.58. The molecule has 0 heterocycles. The molecule has 0 aliphatic rings. The van der Waals surface area contributed by atoms with Gasteiger partial charge < -0.3 is 20.6 Å². The Hall–Kier alpha value is -2.50. The summed E-state index contributed by atoms with van der Waals surface area (Å²) in [5.41, 5.74) is 0.586. The highest BCUT2D eigenvalue weighted by Gasteiger charge is 2.09. The van der Waals surface area contributed by atoms with E-state index in [1.807, 2.05) is 0 Å². The molecule has 4 N–H and O–H groups in total. The van der Waals surface area contributed by atoms with Crippen LogP contribution in [0.4, 0.5) is 5.69 Å². The molecule has 0 aromatic heterocycles. The lowest BCUT2D eigenvalue weighted by molar-refractivity contribution is -0.131. The van der Waals surface area contributed by atoms with Crippen molar-refractivity contribution in [3.05, 3.63) is 29.8 Å². The molecular formula is C11H11NO5. The second-order valence-electron chi connectivity index (χ2n) is 3.32. The first kappa shape index (κ1) is 12.6. The second-order valence-corrected chi connectivity index (χ2v) is 3.32. The first-order valence-electron chi connectivity index (χ1n) is 4.64. The molecule has 0 saturated heterocycles. The topological polar surface area (TPSA) is 107 Å². The van der Waals surface area contributed by atoms with Crippen LogP contribution in [-0.4, -0.2) is 27.2 Å². The summed E-state index contributed by atoms with van der Waals surface area (Å²) < 4.78 is 0. The van der Waals surface area contributed by atoms with Gasteiger partial charge in [0.05, 0.1) is 5.69 Å². The molecule has 0 aliphatic carbocycles. The summed E-state index contributed by atoms with van der Waals surface area (Å²) in [7, 11) is 0. The zero-order valence-electron chi connectivity index (χ0n) is 8.97. The molecule has 0 unspecified atom stereocenters. The number of carboxylic acids is 1. The van der Waals surface area contributed by atoms with Gasteiger partial charge in [0.2, 0.25) is 5.91 Å². The fraction of sp³-hybridized carbons (Fsp3) is 0.0909. The van der Waals surface area contributed by atoms with Crippen molar-refractivity contribution >= 4 is 17.6 Å². The van der Waals surface area contributed by atoms with E-state index in [4.69, 9.17) is 10.2 Å². The molecule has 0 bridgehead atoms. The minimum absolute atomic E-state index is 0.126. The van der Waals surface area contributed by atoms with Crippen LogP contribution >= 0.6 is 0 Å². The van der Waals surface area contributed by atoms with Gasteiger partial charge in [-0.05, 0) is 18.6 Å². The van der Waals surface area contributed by atoms with Crippen molar-refractivity contribution in [1.82, 2.24) is 0 Å². The molecule has 17 heavy (non-hydrogen) atoms. The van der Waals surface area contributed by atoms with Crippen LogP contribution in [0.15, 0.2) is 24.3 Å². The van der Waals surface area contributed by atoms with E-state index in [-0.39, 0.29) is 17.2 Å². The van der Waals surface area contributed by atoms with E-state index in [0.29, 0.717) is 11.6 Å². The maximum atomic E-state index is 11.3. The van der Waals surface area contributed by atoms with Crippen molar-refractivity contribution in [1.29, 1.82) is 0 Å². The number of hydrogen-bond donors (Lipinski definition) is 4. The highest BCUT2D eigenvalue weighted by atomic mass is 16.4. The van der Waals surface area contributed by atoms with Crippen LogP contribution in [-0.2, 0) is 9.59 Å². The van der Waals surface area contributed by atoms with E-state index in [1.165, 1.54) is 6.07 Å². The minimum Gasteiger partial charge on any atom is -0.508 e. The lowest BCUT2D eigenvalue weighted by atomic mass is 10.1. The Morgan fingerprint density at radius 3 is 2.41 bits per heavy atom. The molecule has 6 heteroatoms. The number of nitrogens with one attached hydrogen (secondary N) is 1. The molecule has 0 saturated carbocycles. The number of aryl methyl sites for hydroxylation is 1. The monoisotopic (exact) mass is 237 g/mol. The van der Waals surface area contributed by atoms with Gasteiger partial charge >= 0.3 is 5.97 Å². The zero-order valence-corrected chi connectivity index (χ0v) is 8.97. The standard InChI is InChI=1S/C11H11NO5/c1-6-4-7(13)5-8(14)11(6)12-9(15)2-3-10(16)17/h2-5,13-14H,1H3,(H,12,15)(H,16,17)/b3-2-. The van der Waals surface area contributed by atoms with Gasteiger partial charge in [0.15, 0.2) is 0 Å². The quantitative estimate of drug-likeness (QED) is 0.356. The van der Waals surface area contributed by atoms with E-state index in [2.05, 4.69) is 5.32 Å². The molecule has 0 atom stereocenters. The summed E-state index contributed by atoms with van der Waals surface area (Å²) in [4.78, 5) is 21.5. The van der Waals surface area contributed by atoms with Gasteiger partial charge in [0.1, 0.15) is 11.5 Å². The number of anilines is 1. The van der Waals surface area contributed by atoms with Crippen LogP contribution in [0.1, 0.15) is 5.56 Å². The maximum absolute atomic E-state index is 11.3. The molecule has 1 aromatic rings. The van der Waals surface area contributed by atoms with Crippen LogP contribution in [0.5, 0.6) is 11.5 Å². The molecule has 0 spiro atoms. The Balaban J connectivity index is 2.89.